The van der Waals surface area contributed by atoms with E-state index in [2.05, 4.69) is 19.7 Å². The Balaban J connectivity index is 2.11. The van der Waals surface area contributed by atoms with Crippen LogP contribution >= 0.6 is 0 Å². The van der Waals surface area contributed by atoms with Gasteiger partial charge < -0.3 is 14.6 Å². The Hall–Kier alpha value is -3.67. The van der Waals surface area contributed by atoms with Gasteiger partial charge in [-0.3, -0.25) is 14.1 Å². The quantitative estimate of drug-likeness (QED) is 0.392. The molecular weight excluding hydrogens is 486 g/mol. The number of anilines is 1. The van der Waals surface area contributed by atoms with E-state index in [1.54, 1.807) is 30.6 Å². The number of aromatic hydroxyl groups is 1. The van der Waals surface area contributed by atoms with E-state index in [0.717, 1.165) is 12.0 Å². The molecule has 1 aromatic carbocycles. The Bertz CT molecular complexity index is 1350. The highest BCUT2D eigenvalue weighted by Crippen LogP contribution is 2.33. The number of nitrogens with one attached hydrogen (secondary N) is 1. The summed E-state index contributed by atoms with van der Waals surface area (Å²) in [5.74, 6) is 0.512. The van der Waals surface area contributed by atoms with Gasteiger partial charge in [0, 0.05) is 25.2 Å². The van der Waals surface area contributed by atoms with Gasteiger partial charge in [-0.15, -0.1) is 0 Å². The minimum atomic E-state index is -4.13. The minimum absolute atomic E-state index is 0.00685. The lowest BCUT2D eigenvalue weighted by atomic mass is 10.2. The standard InChI is InChI=1S/C24H31N5O6S/c1-6-7-11-20-27-23(30)21(24(31)29(20)22-17(34-4)9-8-10-18(22)35-5)28-36(32,33)16(3)12-19-25-13-15(2)14-26-19/h8-10,13-14,16,28,30H,6-7,11-12H2,1-5H3. The fraction of sp³-hybridized carbons (Fsp3) is 0.417. The highest BCUT2D eigenvalue weighted by molar-refractivity contribution is 7.93. The number of para-hydroxylation sites is 1. The lowest BCUT2D eigenvalue weighted by molar-refractivity contribution is 0.388. The molecule has 11 nitrogen and oxygen atoms in total. The SMILES string of the molecule is CCCCc1nc(O)c(NS(=O)(=O)C(C)Cc2ncc(C)cn2)c(=O)n1-c1c(OC)cccc1OC. The van der Waals surface area contributed by atoms with Gasteiger partial charge in [0.15, 0.2) is 5.69 Å². The number of rotatable bonds is 11. The Morgan fingerprint density at radius 2 is 1.75 bits per heavy atom. The summed E-state index contributed by atoms with van der Waals surface area (Å²) < 4.78 is 40.6. The van der Waals surface area contributed by atoms with Gasteiger partial charge in [0.05, 0.1) is 19.5 Å². The van der Waals surface area contributed by atoms with Gasteiger partial charge in [-0.05, 0) is 38.0 Å². The monoisotopic (exact) mass is 517 g/mol. The maximum atomic E-state index is 13.7. The van der Waals surface area contributed by atoms with Gasteiger partial charge >= 0.3 is 0 Å². The van der Waals surface area contributed by atoms with Gasteiger partial charge in [0.1, 0.15) is 28.8 Å². The van der Waals surface area contributed by atoms with E-state index in [1.165, 1.54) is 25.7 Å². The first kappa shape index (κ1) is 26.9. The summed E-state index contributed by atoms with van der Waals surface area (Å²) >= 11 is 0. The number of aryl methyl sites for hydroxylation is 2. The molecule has 0 fully saturated rings. The van der Waals surface area contributed by atoms with Crippen LogP contribution in [0.4, 0.5) is 5.69 Å². The van der Waals surface area contributed by atoms with Crippen LogP contribution in [-0.4, -0.2) is 52.5 Å². The van der Waals surface area contributed by atoms with Crippen LogP contribution in [0.15, 0.2) is 35.4 Å². The minimum Gasteiger partial charge on any atom is -0.494 e. The molecule has 1 unspecified atom stereocenters. The van der Waals surface area contributed by atoms with Crippen LogP contribution in [0.2, 0.25) is 0 Å². The number of methoxy groups -OCH3 is 2. The summed E-state index contributed by atoms with van der Waals surface area (Å²) in [6.07, 6.45) is 5.05. The molecule has 0 bridgehead atoms. The molecule has 0 spiro atoms. The number of sulfonamides is 1. The average molecular weight is 518 g/mol. The summed E-state index contributed by atoms with van der Waals surface area (Å²) in [6.45, 7) is 5.27. The Morgan fingerprint density at radius 3 is 2.31 bits per heavy atom. The normalized spacial score (nSPS) is 12.2. The smallest absolute Gasteiger partial charge is 0.286 e. The van der Waals surface area contributed by atoms with Crippen LogP contribution in [-0.2, 0) is 22.9 Å². The molecule has 36 heavy (non-hydrogen) atoms. The zero-order valence-corrected chi connectivity index (χ0v) is 21.8. The lowest BCUT2D eigenvalue weighted by Crippen LogP contribution is -2.33. The summed E-state index contributed by atoms with van der Waals surface area (Å²) in [4.78, 5) is 26.2. The number of hydrogen-bond acceptors (Lipinski definition) is 9. The maximum absolute atomic E-state index is 13.7. The molecule has 0 saturated carbocycles. The summed E-state index contributed by atoms with van der Waals surface area (Å²) in [6, 6.07) is 4.99. The Morgan fingerprint density at radius 1 is 1.14 bits per heavy atom. The van der Waals surface area contributed by atoms with Crippen LogP contribution in [0.25, 0.3) is 5.69 Å². The zero-order valence-electron chi connectivity index (χ0n) is 21.0. The summed E-state index contributed by atoms with van der Waals surface area (Å²) in [5.41, 5.74) is -0.273. The van der Waals surface area contributed by atoms with Gasteiger partial charge in [-0.1, -0.05) is 19.4 Å². The van der Waals surface area contributed by atoms with Crippen LogP contribution in [0, 0.1) is 6.92 Å². The predicted molar refractivity (Wildman–Crippen MR) is 136 cm³/mol. The molecule has 2 aromatic heterocycles. The number of aromatic nitrogens is 4. The number of nitrogens with zero attached hydrogens (tertiary/aromatic N) is 4. The van der Waals surface area contributed by atoms with E-state index in [9.17, 15) is 18.3 Å². The zero-order chi connectivity index (χ0) is 26.5. The third kappa shape index (κ3) is 5.76. The second-order valence-corrected chi connectivity index (χ2v) is 10.4. The van der Waals surface area contributed by atoms with Gasteiger partial charge in [-0.25, -0.2) is 18.4 Å². The summed E-state index contributed by atoms with van der Waals surface area (Å²) in [7, 11) is -1.24. The van der Waals surface area contributed by atoms with Crippen LogP contribution in [0.3, 0.4) is 0 Å². The fourth-order valence-corrected chi connectivity index (χ4v) is 4.59. The molecule has 0 amide bonds. The second-order valence-electron chi connectivity index (χ2n) is 8.32. The third-order valence-electron chi connectivity index (χ3n) is 5.59. The second kappa shape index (κ2) is 11.4. The highest BCUT2D eigenvalue weighted by Gasteiger charge is 2.28. The molecule has 0 radical (unpaired) electrons. The molecule has 0 aliphatic carbocycles. The largest absolute Gasteiger partial charge is 0.494 e. The van der Waals surface area contributed by atoms with Crippen molar-refractivity contribution in [3.05, 3.63) is 58.2 Å². The van der Waals surface area contributed by atoms with Crippen LogP contribution < -0.4 is 19.8 Å². The highest BCUT2D eigenvalue weighted by atomic mass is 32.2. The van der Waals surface area contributed by atoms with Gasteiger partial charge in [0.25, 0.3) is 5.56 Å². The predicted octanol–water partition coefficient (Wildman–Crippen LogP) is 2.77. The molecule has 0 aliphatic rings. The lowest BCUT2D eigenvalue weighted by Gasteiger charge is -2.20. The van der Waals surface area contributed by atoms with Crippen molar-refractivity contribution < 1.29 is 23.0 Å². The molecule has 2 heterocycles. The van der Waals surface area contributed by atoms with E-state index in [1.807, 2.05) is 13.8 Å². The van der Waals surface area contributed by atoms with Gasteiger partial charge in [0.2, 0.25) is 15.9 Å². The molecule has 1 atom stereocenters. The van der Waals surface area contributed by atoms with Crippen molar-refractivity contribution >= 4 is 15.7 Å². The maximum Gasteiger partial charge on any atom is 0.286 e. The number of ether oxygens (including phenoxy) is 2. The fourth-order valence-electron chi connectivity index (χ4n) is 3.56. The van der Waals surface area contributed by atoms with Crippen molar-refractivity contribution in [3.63, 3.8) is 0 Å². The van der Waals surface area contributed by atoms with Crippen molar-refractivity contribution in [1.29, 1.82) is 0 Å². The first-order valence-electron chi connectivity index (χ1n) is 11.5. The molecule has 12 heteroatoms. The molecule has 2 N–H and O–H groups in total. The molecule has 194 valence electrons. The number of hydrogen-bond donors (Lipinski definition) is 2. The Labute approximate surface area is 210 Å². The van der Waals surface area contributed by atoms with Crippen molar-refractivity contribution in [2.45, 2.75) is 51.7 Å². The van der Waals surface area contributed by atoms with E-state index < -0.39 is 32.4 Å². The number of unbranched alkanes of at least 4 members (excludes halogenated alkanes) is 1. The topological polar surface area (TPSA) is 146 Å². The van der Waals surface area contributed by atoms with E-state index in [4.69, 9.17) is 9.47 Å². The first-order valence-corrected chi connectivity index (χ1v) is 13.0. The molecule has 3 aromatic rings. The molecule has 3 rings (SSSR count). The molecule has 0 aliphatic heterocycles. The van der Waals surface area contributed by atoms with E-state index in [0.29, 0.717) is 30.2 Å². The van der Waals surface area contributed by atoms with E-state index in [-0.39, 0.29) is 17.9 Å². The van der Waals surface area contributed by atoms with Crippen LogP contribution in [0.1, 0.15) is 43.9 Å². The van der Waals surface area contributed by atoms with E-state index >= 15 is 0 Å². The summed E-state index contributed by atoms with van der Waals surface area (Å²) in [5, 5.41) is 9.62. The first-order chi connectivity index (χ1) is 17.1. The van der Waals surface area contributed by atoms with Gasteiger partial charge in [-0.2, -0.15) is 4.98 Å². The molecular formula is C24H31N5O6S. The average Bonchev–Trinajstić information content (AvgIpc) is 2.86. The number of benzene rings is 1. The van der Waals surface area contributed by atoms with Crippen molar-refractivity contribution in [2.75, 3.05) is 18.9 Å². The Kier molecular flexibility index (Phi) is 8.51. The van der Waals surface area contributed by atoms with Crippen molar-refractivity contribution in [3.8, 4) is 23.1 Å². The van der Waals surface area contributed by atoms with Crippen molar-refractivity contribution in [2.24, 2.45) is 0 Å². The third-order valence-corrected chi connectivity index (χ3v) is 7.31. The van der Waals surface area contributed by atoms with Crippen molar-refractivity contribution in [1.82, 2.24) is 19.5 Å². The van der Waals surface area contributed by atoms with Crippen LogP contribution in [0.5, 0.6) is 17.4 Å². The molecule has 0 saturated heterocycles.